The predicted octanol–water partition coefficient (Wildman–Crippen LogP) is 0.553. The van der Waals surface area contributed by atoms with Crippen molar-refractivity contribution < 1.29 is 15.0 Å². The van der Waals surface area contributed by atoms with Gasteiger partial charge in [-0.1, -0.05) is 30.3 Å². The summed E-state index contributed by atoms with van der Waals surface area (Å²) in [5.41, 5.74) is -0.155. The van der Waals surface area contributed by atoms with Crippen molar-refractivity contribution >= 4 is 5.91 Å². The maximum absolute atomic E-state index is 12.4. The summed E-state index contributed by atoms with van der Waals surface area (Å²) in [6.45, 7) is 1.99. The first-order valence-corrected chi connectivity index (χ1v) is 8.50. The first-order valence-electron chi connectivity index (χ1n) is 8.50. The van der Waals surface area contributed by atoms with Gasteiger partial charge in [0.1, 0.15) is 11.7 Å². The van der Waals surface area contributed by atoms with E-state index in [1.165, 1.54) is 12.8 Å². The molecule has 2 aliphatic rings. The maximum Gasteiger partial charge on any atom is 0.227 e. The fourth-order valence-corrected chi connectivity index (χ4v) is 3.09. The molecule has 0 unspecified atom stereocenters. The Kier molecular flexibility index (Phi) is 4.99. The minimum absolute atomic E-state index is 0.00300. The van der Waals surface area contributed by atoms with E-state index in [4.69, 9.17) is 0 Å². The van der Waals surface area contributed by atoms with Gasteiger partial charge in [-0.05, 0) is 37.3 Å². The monoisotopic (exact) mass is 318 g/mol. The van der Waals surface area contributed by atoms with E-state index >= 15 is 0 Å². The highest BCUT2D eigenvalue weighted by Gasteiger charge is 2.41. The molecule has 5 nitrogen and oxygen atoms in total. The molecule has 23 heavy (non-hydrogen) atoms. The van der Waals surface area contributed by atoms with E-state index in [9.17, 15) is 15.0 Å². The summed E-state index contributed by atoms with van der Waals surface area (Å²) < 4.78 is 0. The van der Waals surface area contributed by atoms with Crippen molar-refractivity contribution in [1.82, 2.24) is 10.2 Å². The van der Waals surface area contributed by atoms with E-state index in [0.29, 0.717) is 25.9 Å². The van der Waals surface area contributed by atoms with Crippen LogP contribution < -0.4 is 5.32 Å². The van der Waals surface area contributed by atoms with Crippen molar-refractivity contribution in [2.45, 2.75) is 37.4 Å². The Bertz CT molecular complexity index is 532. The molecule has 5 heteroatoms. The fourth-order valence-electron chi connectivity index (χ4n) is 3.09. The number of nitrogens with one attached hydrogen (secondary N) is 1. The molecule has 0 bridgehead atoms. The number of piperidine rings is 1. The predicted molar refractivity (Wildman–Crippen MR) is 87.9 cm³/mol. The Morgan fingerprint density at radius 3 is 2.70 bits per heavy atom. The highest BCUT2D eigenvalue weighted by atomic mass is 16.3. The van der Waals surface area contributed by atoms with E-state index in [1.54, 1.807) is 4.90 Å². The lowest BCUT2D eigenvalue weighted by atomic mass is 9.88. The van der Waals surface area contributed by atoms with E-state index < -0.39 is 11.7 Å². The molecule has 0 radical (unpaired) electrons. The van der Waals surface area contributed by atoms with Crippen molar-refractivity contribution in [2.75, 3.05) is 26.2 Å². The number of amides is 1. The zero-order valence-corrected chi connectivity index (χ0v) is 13.4. The molecule has 3 N–H and O–H groups in total. The van der Waals surface area contributed by atoms with Gasteiger partial charge in [-0.2, -0.15) is 0 Å². The lowest BCUT2D eigenvalue weighted by molar-refractivity contribution is -0.148. The summed E-state index contributed by atoms with van der Waals surface area (Å²) >= 11 is 0. The van der Waals surface area contributed by atoms with Gasteiger partial charge < -0.3 is 20.4 Å². The Balaban J connectivity index is 1.49. The third kappa shape index (κ3) is 4.31. The molecule has 1 saturated heterocycles. The second-order valence-electron chi connectivity index (χ2n) is 6.95. The van der Waals surface area contributed by atoms with Gasteiger partial charge in [-0.3, -0.25) is 4.79 Å². The van der Waals surface area contributed by atoms with Crippen LogP contribution in [-0.2, 0) is 11.2 Å². The van der Waals surface area contributed by atoms with Gasteiger partial charge in [-0.25, -0.2) is 0 Å². The molecule has 2 fully saturated rings. The summed E-state index contributed by atoms with van der Waals surface area (Å²) in [5.74, 6) is 0.742. The third-order valence-corrected chi connectivity index (χ3v) is 4.94. The molecule has 0 spiro atoms. The largest absolute Gasteiger partial charge is 0.388 e. The molecule has 2 atom stereocenters. The average molecular weight is 318 g/mol. The van der Waals surface area contributed by atoms with Gasteiger partial charge in [-0.15, -0.1) is 0 Å². The van der Waals surface area contributed by atoms with Crippen LogP contribution in [0.1, 0.15) is 24.8 Å². The molecule has 1 amide bonds. The van der Waals surface area contributed by atoms with Crippen LogP contribution in [0.25, 0.3) is 0 Å². The van der Waals surface area contributed by atoms with Crippen LogP contribution in [0, 0.1) is 5.92 Å². The van der Waals surface area contributed by atoms with Crippen LogP contribution in [0.5, 0.6) is 0 Å². The van der Waals surface area contributed by atoms with Crippen LogP contribution in [0.4, 0.5) is 0 Å². The van der Waals surface area contributed by atoms with Crippen molar-refractivity contribution in [3.63, 3.8) is 0 Å². The van der Waals surface area contributed by atoms with Crippen LogP contribution in [-0.4, -0.2) is 58.9 Å². The number of rotatable bonds is 6. The highest BCUT2D eigenvalue weighted by molar-refractivity contribution is 5.79. The zero-order valence-electron chi connectivity index (χ0n) is 13.4. The highest BCUT2D eigenvalue weighted by Crippen LogP contribution is 2.28. The normalized spacial score (nSPS) is 27.9. The Morgan fingerprint density at radius 2 is 2.04 bits per heavy atom. The van der Waals surface area contributed by atoms with Crippen molar-refractivity contribution in [2.24, 2.45) is 5.92 Å². The number of likely N-dealkylation sites (tertiary alicyclic amines) is 1. The maximum atomic E-state index is 12.4. The van der Waals surface area contributed by atoms with Gasteiger partial charge in [0.25, 0.3) is 0 Å². The number of β-amino-alcohol motifs (C(OH)–C–C–N with tert-alkyl or cyclic N) is 1. The number of carbonyl (C=O) groups excluding carboxylic acids is 1. The van der Waals surface area contributed by atoms with E-state index in [-0.39, 0.29) is 12.5 Å². The van der Waals surface area contributed by atoms with Crippen molar-refractivity contribution in [1.29, 1.82) is 0 Å². The smallest absolute Gasteiger partial charge is 0.227 e. The summed E-state index contributed by atoms with van der Waals surface area (Å²) in [7, 11) is 0. The van der Waals surface area contributed by atoms with Crippen LogP contribution in [0.3, 0.4) is 0 Å². The van der Waals surface area contributed by atoms with Crippen LogP contribution in [0.15, 0.2) is 30.3 Å². The molecular formula is C18H26N2O3. The fraction of sp³-hybridized carbons (Fsp3) is 0.611. The summed E-state index contributed by atoms with van der Waals surface area (Å²) in [6, 6.07) is 9.61. The molecule has 1 aromatic carbocycles. The van der Waals surface area contributed by atoms with Crippen molar-refractivity contribution in [3.05, 3.63) is 35.9 Å². The SMILES string of the molecule is O=C(Cc1ccccc1)N1CC[C@](O)(CNCC2CC2)[C@@H](O)C1. The van der Waals surface area contributed by atoms with Gasteiger partial charge in [0.2, 0.25) is 5.91 Å². The number of benzene rings is 1. The molecule has 126 valence electrons. The Hall–Kier alpha value is -1.43. The van der Waals surface area contributed by atoms with Crippen LogP contribution in [0.2, 0.25) is 0 Å². The average Bonchev–Trinajstić information content (AvgIpc) is 3.35. The van der Waals surface area contributed by atoms with Gasteiger partial charge in [0.15, 0.2) is 0 Å². The molecular weight excluding hydrogens is 292 g/mol. The number of nitrogens with zero attached hydrogens (tertiary/aromatic N) is 1. The quantitative estimate of drug-likeness (QED) is 0.716. The van der Waals surface area contributed by atoms with E-state index in [0.717, 1.165) is 18.0 Å². The first-order chi connectivity index (χ1) is 11.1. The topological polar surface area (TPSA) is 72.8 Å². The molecule has 1 aliphatic carbocycles. The standard InChI is InChI=1S/C18H26N2O3/c21-16-12-20(17(22)10-14-4-2-1-3-5-14)9-8-18(16,23)13-19-11-15-6-7-15/h1-5,15-16,19,21,23H,6-13H2/t16-,18-/m0/s1. The van der Waals surface area contributed by atoms with Crippen molar-refractivity contribution in [3.8, 4) is 0 Å². The zero-order chi connectivity index (χ0) is 16.3. The van der Waals surface area contributed by atoms with Crippen LogP contribution >= 0.6 is 0 Å². The summed E-state index contributed by atoms with van der Waals surface area (Å²) in [6.07, 6.45) is 2.37. The number of carbonyl (C=O) groups is 1. The van der Waals surface area contributed by atoms with Gasteiger partial charge >= 0.3 is 0 Å². The molecule has 3 rings (SSSR count). The molecule has 1 heterocycles. The van der Waals surface area contributed by atoms with Gasteiger partial charge in [0, 0.05) is 19.6 Å². The molecule has 1 aromatic rings. The second kappa shape index (κ2) is 6.99. The Labute approximate surface area is 137 Å². The molecule has 1 aliphatic heterocycles. The third-order valence-electron chi connectivity index (χ3n) is 4.94. The number of aliphatic hydroxyl groups is 2. The minimum Gasteiger partial charge on any atom is -0.388 e. The minimum atomic E-state index is -1.13. The molecule has 1 saturated carbocycles. The summed E-state index contributed by atoms with van der Waals surface area (Å²) in [4.78, 5) is 14.0. The number of aliphatic hydroxyl groups excluding tert-OH is 1. The van der Waals surface area contributed by atoms with E-state index in [1.807, 2.05) is 30.3 Å². The first kappa shape index (κ1) is 16.4. The second-order valence-corrected chi connectivity index (χ2v) is 6.95. The lowest BCUT2D eigenvalue weighted by Gasteiger charge is -2.42. The lowest BCUT2D eigenvalue weighted by Crippen LogP contribution is -2.60. The Morgan fingerprint density at radius 1 is 1.30 bits per heavy atom. The number of hydrogen-bond acceptors (Lipinski definition) is 4. The number of hydrogen-bond donors (Lipinski definition) is 3. The summed E-state index contributed by atoms with van der Waals surface area (Å²) in [5, 5.41) is 24.2. The van der Waals surface area contributed by atoms with E-state index in [2.05, 4.69) is 5.32 Å². The molecule has 0 aromatic heterocycles. The van der Waals surface area contributed by atoms with Gasteiger partial charge in [0.05, 0.1) is 6.42 Å².